The van der Waals surface area contributed by atoms with Crippen LogP contribution in [0.1, 0.15) is 83.5 Å². The van der Waals surface area contributed by atoms with Gasteiger partial charge in [-0.3, -0.25) is 9.80 Å². The van der Waals surface area contributed by atoms with Crippen molar-refractivity contribution in [2.75, 3.05) is 52.4 Å². The van der Waals surface area contributed by atoms with E-state index in [1.807, 2.05) is 43.9 Å². The van der Waals surface area contributed by atoms with Crippen LogP contribution in [0.25, 0.3) is 22.3 Å². The molecule has 1 atom stereocenters. The zero-order valence-corrected chi connectivity index (χ0v) is 28.7. The summed E-state index contributed by atoms with van der Waals surface area (Å²) in [6.07, 6.45) is 8.49. The molecule has 1 aliphatic carbocycles. The van der Waals surface area contributed by atoms with E-state index in [2.05, 4.69) is 42.9 Å². The molecule has 47 heavy (non-hydrogen) atoms. The van der Waals surface area contributed by atoms with Crippen LogP contribution in [0.3, 0.4) is 0 Å². The Kier molecular flexibility index (Phi) is 9.19. The number of hydrogen-bond donors (Lipinski definition) is 2. The molecule has 3 aromatic rings. The molecule has 1 saturated carbocycles. The van der Waals surface area contributed by atoms with Crippen molar-refractivity contribution in [2.24, 2.45) is 5.92 Å². The van der Waals surface area contributed by atoms with Crippen molar-refractivity contribution in [2.45, 2.75) is 96.4 Å². The first kappa shape index (κ1) is 32.3. The Morgan fingerprint density at radius 3 is 2.34 bits per heavy atom. The standard InChI is InChI=1S/C37H53N7O3/c1-25-34-30-23-32(29-7-5-6-8-33(29)45)39-40-35(30)38-31(34)15-18-44(25)28-11-9-27(10-12-28)42-16-13-26(14-17-42)24-41-19-21-43(22-20-41)36(46)47-37(2,3)4/h5-8,23,25-28,45H,9-22,24H2,1-4H3,(H,38,40)/t25-,27?,28?/m1/s1. The fourth-order valence-electron chi connectivity index (χ4n) is 8.72. The van der Waals surface area contributed by atoms with Crippen LogP contribution in [0.5, 0.6) is 5.75 Å². The van der Waals surface area contributed by atoms with E-state index >= 15 is 0 Å². The number of piperazine rings is 1. The van der Waals surface area contributed by atoms with Gasteiger partial charge in [-0.15, -0.1) is 10.2 Å². The zero-order chi connectivity index (χ0) is 32.7. The van der Waals surface area contributed by atoms with E-state index < -0.39 is 5.60 Å². The second-order valence-corrected chi connectivity index (χ2v) is 15.4. The van der Waals surface area contributed by atoms with Gasteiger partial charge in [-0.25, -0.2) is 4.79 Å². The van der Waals surface area contributed by atoms with Crippen molar-refractivity contribution < 1.29 is 14.6 Å². The average Bonchev–Trinajstić information content (AvgIpc) is 3.44. The van der Waals surface area contributed by atoms with Crippen molar-refractivity contribution >= 4 is 17.1 Å². The van der Waals surface area contributed by atoms with Gasteiger partial charge in [-0.05, 0) is 109 Å². The second kappa shape index (κ2) is 13.4. The summed E-state index contributed by atoms with van der Waals surface area (Å²) in [6, 6.07) is 11.1. The number of ether oxygens (including phenoxy) is 1. The van der Waals surface area contributed by atoms with Crippen molar-refractivity contribution in [3.8, 4) is 17.0 Å². The monoisotopic (exact) mass is 643 g/mol. The third kappa shape index (κ3) is 7.01. The third-order valence-electron chi connectivity index (χ3n) is 11.2. The van der Waals surface area contributed by atoms with E-state index in [0.29, 0.717) is 23.8 Å². The van der Waals surface area contributed by atoms with Crippen molar-refractivity contribution in [1.82, 2.24) is 34.8 Å². The van der Waals surface area contributed by atoms with Crippen LogP contribution in [0, 0.1) is 5.92 Å². The van der Waals surface area contributed by atoms with Crippen LogP contribution in [0.15, 0.2) is 30.3 Å². The normalized spacial score (nSPS) is 25.6. The number of fused-ring (bicyclic) bond motifs is 3. The van der Waals surface area contributed by atoms with Gasteiger partial charge in [0.15, 0.2) is 5.65 Å². The van der Waals surface area contributed by atoms with Crippen LogP contribution in [-0.4, -0.2) is 116 Å². The number of hydrogen-bond acceptors (Lipinski definition) is 8. The average molecular weight is 644 g/mol. The number of likely N-dealkylation sites (tertiary alicyclic amines) is 1. The van der Waals surface area contributed by atoms with Gasteiger partial charge in [-0.2, -0.15) is 0 Å². The number of carbonyl (C=O) groups excluding carboxylic acids is 1. The first-order valence-corrected chi connectivity index (χ1v) is 18.0. The van der Waals surface area contributed by atoms with Gasteiger partial charge in [0.1, 0.15) is 11.4 Å². The highest BCUT2D eigenvalue weighted by Crippen LogP contribution is 2.40. The molecule has 0 bridgehead atoms. The van der Waals surface area contributed by atoms with Crippen molar-refractivity contribution in [1.29, 1.82) is 0 Å². The molecule has 2 aromatic heterocycles. The number of nitrogens with zero attached hydrogens (tertiary/aromatic N) is 6. The predicted octanol–water partition coefficient (Wildman–Crippen LogP) is 5.83. The van der Waals surface area contributed by atoms with E-state index in [9.17, 15) is 9.90 Å². The summed E-state index contributed by atoms with van der Waals surface area (Å²) in [5.41, 5.74) is 4.48. The minimum absolute atomic E-state index is 0.174. The van der Waals surface area contributed by atoms with Gasteiger partial charge >= 0.3 is 6.09 Å². The molecule has 1 amide bonds. The largest absolute Gasteiger partial charge is 0.507 e. The third-order valence-corrected chi connectivity index (χ3v) is 11.2. The molecule has 0 radical (unpaired) electrons. The Labute approximate surface area is 279 Å². The number of aromatic nitrogens is 3. The molecule has 1 aromatic carbocycles. The number of piperidine rings is 1. The van der Waals surface area contributed by atoms with E-state index in [-0.39, 0.29) is 11.8 Å². The number of rotatable bonds is 5. The molecule has 7 rings (SSSR count). The van der Waals surface area contributed by atoms with Crippen molar-refractivity contribution in [3.63, 3.8) is 0 Å². The maximum Gasteiger partial charge on any atom is 0.410 e. The number of para-hydroxylation sites is 1. The summed E-state index contributed by atoms with van der Waals surface area (Å²) in [4.78, 5) is 26.0. The number of phenolic OH excluding ortho intramolecular Hbond substituents is 1. The summed E-state index contributed by atoms with van der Waals surface area (Å²) in [5, 5.41) is 20.5. The first-order chi connectivity index (χ1) is 22.6. The van der Waals surface area contributed by atoms with E-state index in [1.165, 1.54) is 62.9 Å². The number of amides is 1. The predicted molar refractivity (Wildman–Crippen MR) is 184 cm³/mol. The minimum atomic E-state index is -0.438. The molecule has 0 spiro atoms. The second-order valence-electron chi connectivity index (χ2n) is 15.4. The zero-order valence-electron chi connectivity index (χ0n) is 28.7. The molecule has 10 nitrogen and oxygen atoms in total. The number of aromatic amines is 1. The number of benzene rings is 1. The van der Waals surface area contributed by atoms with Crippen LogP contribution >= 0.6 is 0 Å². The quantitative estimate of drug-likeness (QED) is 0.359. The molecular weight excluding hydrogens is 590 g/mol. The lowest BCUT2D eigenvalue weighted by Gasteiger charge is -2.46. The Bertz CT molecular complexity index is 1540. The van der Waals surface area contributed by atoms with Gasteiger partial charge < -0.3 is 24.6 Å². The van der Waals surface area contributed by atoms with Crippen LogP contribution < -0.4 is 0 Å². The molecule has 3 fully saturated rings. The number of carbonyl (C=O) groups is 1. The molecule has 10 heteroatoms. The highest BCUT2D eigenvalue weighted by Gasteiger charge is 2.37. The molecule has 5 heterocycles. The topological polar surface area (TPSA) is 101 Å². The molecule has 4 aliphatic rings. The SMILES string of the molecule is C[C@@H]1c2c([nH]c3nnc(-c4ccccc4O)cc23)CCN1C1CCC(N2CCC(CN3CCN(C(=O)OC(C)(C)C)CC3)CC2)CC1. The lowest BCUT2D eigenvalue weighted by molar-refractivity contribution is 0.0110. The van der Waals surface area contributed by atoms with Gasteiger partial charge in [0, 0.05) is 80.5 Å². The Morgan fingerprint density at radius 1 is 0.936 bits per heavy atom. The molecule has 254 valence electrons. The summed E-state index contributed by atoms with van der Waals surface area (Å²) >= 11 is 0. The van der Waals surface area contributed by atoms with Gasteiger partial charge in [-0.1, -0.05) is 12.1 Å². The molecule has 2 N–H and O–H groups in total. The Hall–Kier alpha value is -3.21. The van der Waals surface area contributed by atoms with E-state index in [0.717, 1.165) is 68.2 Å². The van der Waals surface area contributed by atoms with Crippen LogP contribution in [0.2, 0.25) is 0 Å². The lowest BCUT2D eigenvalue weighted by atomic mass is 9.85. The number of H-pyrrole nitrogens is 1. The van der Waals surface area contributed by atoms with Gasteiger partial charge in [0.2, 0.25) is 0 Å². The minimum Gasteiger partial charge on any atom is -0.507 e. The van der Waals surface area contributed by atoms with Crippen LogP contribution in [0.4, 0.5) is 4.79 Å². The maximum absolute atomic E-state index is 12.4. The summed E-state index contributed by atoms with van der Waals surface area (Å²) in [7, 11) is 0. The van der Waals surface area contributed by atoms with E-state index in [4.69, 9.17) is 4.74 Å². The summed E-state index contributed by atoms with van der Waals surface area (Å²) in [6.45, 7) is 16.3. The smallest absolute Gasteiger partial charge is 0.410 e. The maximum atomic E-state index is 12.4. The van der Waals surface area contributed by atoms with E-state index in [1.54, 1.807) is 6.07 Å². The molecule has 3 aliphatic heterocycles. The number of nitrogens with one attached hydrogen (secondary N) is 1. The molecule has 2 saturated heterocycles. The van der Waals surface area contributed by atoms with Gasteiger partial charge in [0.05, 0.1) is 5.69 Å². The Balaban J connectivity index is 0.892. The molecule has 0 unspecified atom stereocenters. The lowest BCUT2D eigenvalue weighted by Crippen LogP contribution is -2.52. The Morgan fingerprint density at radius 2 is 1.64 bits per heavy atom. The highest BCUT2D eigenvalue weighted by atomic mass is 16.6. The first-order valence-electron chi connectivity index (χ1n) is 18.0. The van der Waals surface area contributed by atoms with Gasteiger partial charge in [0.25, 0.3) is 0 Å². The summed E-state index contributed by atoms with van der Waals surface area (Å²) in [5.74, 6) is 0.989. The number of phenols is 1. The summed E-state index contributed by atoms with van der Waals surface area (Å²) < 4.78 is 5.57. The fourth-order valence-corrected chi connectivity index (χ4v) is 8.72. The van der Waals surface area contributed by atoms with Crippen LogP contribution in [-0.2, 0) is 11.2 Å². The highest BCUT2D eigenvalue weighted by molar-refractivity contribution is 5.86. The van der Waals surface area contributed by atoms with Crippen molar-refractivity contribution in [3.05, 3.63) is 41.6 Å². The molecular formula is C37H53N7O3. The number of aromatic hydroxyl groups is 1. The fraction of sp³-hybridized carbons (Fsp3) is 0.649.